The van der Waals surface area contributed by atoms with E-state index in [2.05, 4.69) is 0 Å². The Morgan fingerprint density at radius 1 is 1.23 bits per heavy atom. The average Bonchev–Trinajstić information content (AvgIpc) is 2.53. The molecule has 2 aromatic carbocycles. The minimum atomic E-state index is -0.446. The molecule has 0 aliphatic rings. The van der Waals surface area contributed by atoms with Gasteiger partial charge in [0, 0.05) is 11.6 Å². The van der Waals surface area contributed by atoms with Crippen LogP contribution in [0.4, 0.5) is 0 Å². The number of hydrogen-bond acceptors (Lipinski definition) is 4. The summed E-state index contributed by atoms with van der Waals surface area (Å²) in [6.45, 7) is 2.04. The van der Waals surface area contributed by atoms with Crippen LogP contribution in [0.1, 0.15) is 22.8 Å². The number of aromatic hydroxyl groups is 1. The smallest absolute Gasteiger partial charge is 0.330 e. The number of hydrogen-bond donors (Lipinski definition) is 1. The van der Waals surface area contributed by atoms with Crippen molar-refractivity contribution in [1.29, 1.82) is 0 Å². The molecule has 0 unspecified atom stereocenters. The maximum atomic E-state index is 11.4. The first kappa shape index (κ1) is 15.5. The lowest BCUT2D eigenvalue weighted by molar-refractivity contribution is -0.137. The zero-order chi connectivity index (χ0) is 15.9. The van der Waals surface area contributed by atoms with Gasteiger partial charge in [-0.3, -0.25) is 4.79 Å². The molecule has 0 fully saturated rings. The highest BCUT2D eigenvalue weighted by Gasteiger charge is 2.06. The van der Waals surface area contributed by atoms with Gasteiger partial charge in [-0.05, 0) is 47.9 Å². The van der Waals surface area contributed by atoms with Crippen molar-refractivity contribution in [2.75, 3.05) is 6.61 Å². The molecule has 112 valence electrons. The van der Waals surface area contributed by atoms with Crippen LogP contribution >= 0.6 is 0 Å². The van der Waals surface area contributed by atoms with Crippen LogP contribution in [0.2, 0.25) is 0 Å². The van der Waals surface area contributed by atoms with Gasteiger partial charge >= 0.3 is 5.97 Å². The molecule has 0 aromatic heterocycles. The third-order valence-corrected chi connectivity index (χ3v) is 3.05. The van der Waals surface area contributed by atoms with Crippen LogP contribution in [0.25, 0.3) is 17.2 Å². The summed E-state index contributed by atoms with van der Waals surface area (Å²) in [5, 5.41) is 9.65. The fraction of sp³-hybridized carbons (Fsp3) is 0.111. The van der Waals surface area contributed by atoms with Crippen LogP contribution in [-0.2, 0) is 9.53 Å². The minimum absolute atomic E-state index is 0.0961. The highest BCUT2D eigenvalue weighted by Crippen LogP contribution is 2.28. The summed E-state index contributed by atoms with van der Waals surface area (Å²) in [7, 11) is 0. The Kier molecular flexibility index (Phi) is 5.09. The first-order chi connectivity index (χ1) is 10.6. The normalized spacial score (nSPS) is 10.6. The van der Waals surface area contributed by atoms with Gasteiger partial charge in [0.15, 0.2) is 0 Å². The second-order valence-electron chi connectivity index (χ2n) is 4.60. The Morgan fingerprint density at radius 2 is 2.05 bits per heavy atom. The molecule has 1 N–H and O–H groups in total. The van der Waals surface area contributed by atoms with E-state index in [-0.39, 0.29) is 5.75 Å². The van der Waals surface area contributed by atoms with Crippen LogP contribution in [0.3, 0.4) is 0 Å². The van der Waals surface area contributed by atoms with E-state index in [0.29, 0.717) is 17.7 Å². The fourth-order valence-electron chi connectivity index (χ4n) is 2.08. The van der Waals surface area contributed by atoms with E-state index in [1.54, 1.807) is 49.4 Å². The molecule has 0 bridgehead atoms. The van der Waals surface area contributed by atoms with Gasteiger partial charge < -0.3 is 9.84 Å². The Hall–Kier alpha value is -2.88. The standard InChI is InChI=1S/C18H16O4/c1-2-22-18(21)9-6-15-11-16(20)7-8-17(15)14-5-3-4-13(10-14)12-19/h3-12,20H,2H2,1H3. The van der Waals surface area contributed by atoms with Crippen molar-refractivity contribution in [3.05, 3.63) is 59.7 Å². The number of esters is 1. The van der Waals surface area contributed by atoms with Gasteiger partial charge in [-0.2, -0.15) is 0 Å². The first-order valence-corrected chi connectivity index (χ1v) is 6.87. The maximum Gasteiger partial charge on any atom is 0.330 e. The number of phenolic OH excluding ortho intramolecular Hbond substituents is 1. The molecular formula is C18H16O4. The number of phenols is 1. The van der Waals surface area contributed by atoms with Crippen molar-refractivity contribution in [3.8, 4) is 16.9 Å². The van der Waals surface area contributed by atoms with E-state index in [1.165, 1.54) is 6.08 Å². The molecule has 4 nitrogen and oxygen atoms in total. The van der Waals surface area contributed by atoms with E-state index in [1.807, 2.05) is 6.07 Å². The second-order valence-corrected chi connectivity index (χ2v) is 4.60. The van der Waals surface area contributed by atoms with Crippen molar-refractivity contribution < 1.29 is 19.4 Å². The second kappa shape index (κ2) is 7.22. The van der Waals surface area contributed by atoms with Crippen molar-refractivity contribution in [3.63, 3.8) is 0 Å². The molecule has 0 saturated heterocycles. The van der Waals surface area contributed by atoms with Crippen LogP contribution in [-0.4, -0.2) is 24.0 Å². The molecule has 0 atom stereocenters. The van der Waals surface area contributed by atoms with E-state index < -0.39 is 5.97 Å². The highest BCUT2D eigenvalue weighted by atomic mass is 16.5. The fourth-order valence-corrected chi connectivity index (χ4v) is 2.08. The van der Waals surface area contributed by atoms with E-state index >= 15 is 0 Å². The summed E-state index contributed by atoms with van der Waals surface area (Å²) in [5.74, 6) is -0.350. The number of benzene rings is 2. The predicted molar refractivity (Wildman–Crippen MR) is 84.6 cm³/mol. The van der Waals surface area contributed by atoms with Gasteiger partial charge in [-0.1, -0.05) is 24.3 Å². The highest BCUT2D eigenvalue weighted by molar-refractivity contribution is 5.90. The summed E-state index contributed by atoms with van der Waals surface area (Å²) in [6, 6.07) is 12.0. The molecule has 0 amide bonds. The summed E-state index contributed by atoms with van der Waals surface area (Å²) in [4.78, 5) is 22.3. The summed E-state index contributed by atoms with van der Waals surface area (Å²) >= 11 is 0. The van der Waals surface area contributed by atoms with Gasteiger partial charge in [0.25, 0.3) is 0 Å². The van der Waals surface area contributed by atoms with Crippen LogP contribution in [0, 0.1) is 0 Å². The first-order valence-electron chi connectivity index (χ1n) is 6.87. The Morgan fingerprint density at radius 3 is 2.77 bits per heavy atom. The summed E-state index contributed by atoms with van der Waals surface area (Å²) < 4.78 is 4.84. The zero-order valence-electron chi connectivity index (χ0n) is 12.2. The molecule has 0 aliphatic heterocycles. The van der Waals surface area contributed by atoms with E-state index in [0.717, 1.165) is 17.4 Å². The molecule has 2 rings (SSSR count). The number of carbonyl (C=O) groups excluding carboxylic acids is 2. The Balaban J connectivity index is 2.43. The number of ether oxygens (including phenoxy) is 1. The van der Waals surface area contributed by atoms with Crippen LogP contribution in [0.15, 0.2) is 48.5 Å². The molecule has 0 saturated carbocycles. The van der Waals surface area contributed by atoms with Gasteiger partial charge in [0.05, 0.1) is 6.61 Å². The van der Waals surface area contributed by atoms with Gasteiger partial charge in [-0.15, -0.1) is 0 Å². The maximum absolute atomic E-state index is 11.4. The summed E-state index contributed by atoms with van der Waals surface area (Å²) in [5.41, 5.74) is 2.86. The topological polar surface area (TPSA) is 63.6 Å². The minimum Gasteiger partial charge on any atom is -0.508 e. The lowest BCUT2D eigenvalue weighted by Gasteiger charge is -2.08. The van der Waals surface area contributed by atoms with Gasteiger partial charge in [-0.25, -0.2) is 4.79 Å². The van der Waals surface area contributed by atoms with Crippen LogP contribution < -0.4 is 0 Å². The van der Waals surface area contributed by atoms with E-state index in [9.17, 15) is 14.7 Å². The van der Waals surface area contributed by atoms with Crippen molar-refractivity contribution in [2.45, 2.75) is 6.92 Å². The largest absolute Gasteiger partial charge is 0.508 e. The number of carbonyl (C=O) groups is 2. The number of aldehydes is 1. The van der Waals surface area contributed by atoms with Crippen molar-refractivity contribution in [2.24, 2.45) is 0 Å². The molecular weight excluding hydrogens is 280 g/mol. The average molecular weight is 296 g/mol. The summed E-state index contributed by atoms with van der Waals surface area (Å²) in [6.07, 6.45) is 3.67. The number of rotatable bonds is 5. The third kappa shape index (κ3) is 3.82. The zero-order valence-corrected chi connectivity index (χ0v) is 12.2. The lowest BCUT2D eigenvalue weighted by atomic mass is 9.97. The Bertz CT molecular complexity index is 717. The lowest BCUT2D eigenvalue weighted by Crippen LogP contribution is -1.98. The van der Waals surface area contributed by atoms with Gasteiger partial charge in [0.2, 0.25) is 0 Å². The molecule has 0 spiro atoms. The van der Waals surface area contributed by atoms with Crippen LogP contribution in [0.5, 0.6) is 5.75 Å². The molecule has 0 aliphatic carbocycles. The Labute approximate surface area is 128 Å². The third-order valence-electron chi connectivity index (χ3n) is 3.05. The quantitative estimate of drug-likeness (QED) is 0.521. The van der Waals surface area contributed by atoms with Gasteiger partial charge in [0.1, 0.15) is 12.0 Å². The van der Waals surface area contributed by atoms with Crippen molar-refractivity contribution >= 4 is 18.3 Å². The predicted octanol–water partition coefficient (Wildman–Crippen LogP) is 3.45. The molecule has 2 aromatic rings. The SMILES string of the molecule is CCOC(=O)C=Cc1cc(O)ccc1-c1cccc(C=O)c1. The molecule has 0 heterocycles. The molecule has 4 heteroatoms. The van der Waals surface area contributed by atoms with Crippen molar-refractivity contribution in [1.82, 2.24) is 0 Å². The molecule has 0 radical (unpaired) electrons. The molecule has 22 heavy (non-hydrogen) atoms. The monoisotopic (exact) mass is 296 g/mol. The van der Waals surface area contributed by atoms with E-state index in [4.69, 9.17) is 4.74 Å².